The lowest BCUT2D eigenvalue weighted by Crippen LogP contribution is -2.58. The van der Waals surface area contributed by atoms with Gasteiger partial charge >= 0.3 is 5.97 Å². The lowest BCUT2D eigenvalue weighted by molar-refractivity contribution is -0.150. The maximum Gasteiger partial charge on any atom is 0.308 e. The van der Waals surface area contributed by atoms with Gasteiger partial charge in [-0.15, -0.1) is 0 Å². The Morgan fingerprint density at radius 1 is 1.28 bits per heavy atom. The molecule has 0 radical (unpaired) electrons. The van der Waals surface area contributed by atoms with Gasteiger partial charge in [0, 0.05) is 18.7 Å². The van der Waals surface area contributed by atoms with Crippen molar-refractivity contribution in [3.8, 4) is 0 Å². The van der Waals surface area contributed by atoms with E-state index in [1.54, 1.807) is 37.3 Å². The number of hydrogen-bond acceptors (Lipinski definition) is 6. The zero-order valence-electron chi connectivity index (χ0n) is 13.9. The number of benzene rings is 1. The van der Waals surface area contributed by atoms with Crippen LogP contribution in [0.4, 0.5) is 0 Å². The average molecular weight is 364 g/mol. The average Bonchev–Trinajstić information content (AvgIpc) is 2.62. The number of ether oxygens (including phenoxy) is 1. The van der Waals surface area contributed by atoms with Crippen LogP contribution < -0.4 is 5.32 Å². The molecule has 1 fully saturated rings. The highest BCUT2D eigenvalue weighted by molar-refractivity contribution is 8.14. The first-order valence-electron chi connectivity index (χ1n) is 7.98. The smallest absolute Gasteiger partial charge is 0.308 e. The number of piperazine rings is 1. The molecule has 1 aliphatic rings. The first kappa shape index (κ1) is 19.0. The molecule has 2 amide bonds. The molecule has 1 aromatic carbocycles. The molecule has 1 aliphatic heterocycles. The van der Waals surface area contributed by atoms with Gasteiger partial charge in [0.25, 0.3) is 0 Å². The Labute approximate surface area is 150 Å². The second-order valence-corrected chi connectivity index (χ2v) is 6.29. The fourth-order valence-corrected chi connectivity index (χ4v) is 3.18. The van der Waals surface area contributed by atoms with Crippen LogP contribution in [0.25, 0.3) is 0 Å². The molecule has 1 unspecified atom stereocenters. The minimum absolute atomic E-state index is 0.0830. The summed E-state index contributed by atoms with van der Waals surface area (Å²) in [5.74, 6) is -1.35. The van der Waals surface area contributed by atoms with E-state index in [1.807, 2.05) is 0 Å². The fourth-order valence-electron chi connectivity index (χ4n) is 2.46. The van der Waals surface area contributed by atoms with Crippen molar-refractivity contribution in [2.45, 2.75) is 19.4 Å². The summed E-state index contributed by atoms with van der Waals surface area (Å²) in [6.45, 7) is 2.51. The van der Waals surface area contributed by atoms with Crippen LogP contribution in [0.5, 0.6) is 0 Å². The molecule has 1 saturated heterocycles. The molecule has 1 N–H and O–H groups in total. The summed E-state index contributed by atoms with van der Waals surface area (Å²) >= 11 is 0.886. The van der Waals surface area contributed by atoms with Gasteiger partial charge in [0.05, 0.1) is 18.8 Å². The van der Waals surface area contributed by atoms with E-state index in [1.165, 1.54) is 4.90 Å². The van der Waals surface area contributed by atoms with Crippen LogP contribution in [0.3, 0.4) is 0 Å². The van der Waals surface area contributed by atoms with E-state index >= 15 is 0 Å². The summed E-state index contributed by atoms with van der Waals surface area (Å²) in [6.07, 6.45) is -0.192. The predicted molar refractivity (Wildman–Crippen MR) is 93.0 cm³/mol. The molecule has 0 aromatic heterocycles. The summed E-state index contributed by atoms with van der Waals surface area (Å²) in [5, 5.41) is 2.43. The van der Waals surface area contributed by atoms with Crippen LogP contribution in [0.2, 0.25) is 0 Å². The molecule has 1 atom stereocenters. The topological polar surface area (TPSA) is 92.8 Å². The van der Waals surface area contributed by atoms with Gasteiger partial charge in [0.2, 0.25) is 16.9 Å². The first-order valence-corrected chi connectivity index (χ1v) is 8.96. The van der Waals surface area contributed by atoms with Gasteiger partial charge in [0.1, 0.15) is 6.04 Å². The van der Waals surface area contributed by atoms with Crippen molar-refractivity contribution in [3.05, 3.63) is 35.9 Å². The summed E-state index contributed by atoms with van der Waals surface area (Å²) in [4.78, 5) is 49.6. The number of amides is 2. The van der Waals surface area contributed by atoms with Crippen molar-refractivity contribution in [1.29, 1.82) is 0 Å². The fraction of sp³-hybridized carbons (Fsp3) is 0.412. The number of hydrogen-bond donors (Lipinski definition) is 1. The standard InChI is InChI=1S/C17H20N2O5S/c1-2-24-15(21)10-13-16(22)18-8-9-19(13)14(20)11-25-17(23)12-6-4-3-5-7-12/h3-7,13H,2,8-11H2,1H3,(H,18,22). The van der Waals surface area contributed by atoms with Crippen LogP contribution >= 0.6 is 11.8 Å². The maximum atomic E-state index is 12.4. The molecule has 0 spiro atoms. The Morgan fingerprint density at radius 2 is 2.00 bits per heavy atom. The van der Waals surface area contributed by atoms with E-state index in [2.05, 4.69) is 5.32 Å². The summed E-state index contributed by atoms with van der Waals surface area (Å²) in [7, 11) is 0. The summed E-state index contributed by atoms with van der Waals surface area (Å²) in [5.41, 5.74) is 0.514. The number of nitrogens with one attached hydrogen (secondary N) is 1. The van der Waals surface area contributed by atoms with E-state index < -0.39 is 12.0 Å². The van der Waals surface area contributed by atoms with Crippen LogP contribution in [-0.2, 0) is 19.1 Å². The lowest BCUT2D eigenvalue weighted by atomic mass is 10.1. The number of rotatable bonds is 6. The van der Waals surface area contributed by atoms with Crippen molar-refractivity contribution < 1.29 is 23.9 Å². The highest BCUT2D eigenvalue weighted by atomic mass is 32.2. The predicted octanol–water partition coefficient (Wildman–Crippen LogP) is 0.840. The van der Waals surface area contributed by atoms with E-state index in [4.69, 9.17) is 4.74 Å². The Balaban J connectivity index is 1.96. The Morgan fingerprint density at radius 3 is 2.68 bits per heavy atom. The number of carbonyl (C=O) groups excluding carboxylic acids is 4. The third-order valence-corrected chi connectivity index (χ3v) is 4.54. The van der Waals surface area contributed by atoms with Crippen molar-refractivity contribution in [1.82, 2.24) is 10.2 Å². The second kappa shape index (κ2) is 9.22. The molecule has 8 heteroatoms. The SMILES string of the molecule is CCOC(=O)CC1C(=O)NCCN1C(=O)CSC(=O)c1ccccc1. The normalized spacial score (nSPS) is 16.9. The van der Waals surface area contributed by atoms with E-state index in [-0.39, 0.29) is 35.7 Å². The molecule has 0 saturated carbocycles. The van der Waals surface area contributed by atoms with Gasteiger partial charge in [-0.05, 0) is 6.92 Å². The van der Waals surface area contributed by atoms with E-state index in [9.17, 15) is 19.2 Å². The van der Waals surface area contributed by atoms with Crippen LogP contribution in [0, 0.1) is 0 Å². The third-order valence-electron chi connectivity index (χ3n) is 3.65. The minimum atomic E-state index is -0.896. The van der Waals surface area contributed by atoms with Gasteiger partial charge < -0.3 is 15.0 Å². The number of thioether (sulfide) groups is 1. The summed E-state index contributed by atoms with van der Waals surface area (Å²) in [6, 6.07) is 7.77. The molecule has 2 rings (SSSR count). The largest absolute Gasteiger partial charge is 0.466 e. The molecule has 7 nitrogen and oxygen atoms in total. The molecule has 1 aromatic rings. The van der Waals surface area contributed by atoms with Gasteiger partial charge in [-0.2, -0.15) is 0 Å². The monoisotopic (exact) mass is 364 g/mol. The van der Waals surface area contributed by atoms with Gasteiger partial charge in [-0.1, -0.05) is 42.1 Å². The molecule has 0 bridgehead atoms. The quantitative estimate of drug-likeness (QED) is 0.752. The Bertz CT molecular complexity index is 650. The van der Waals surface area contributed by atoms with Crippen molar-refractivity contribution >= 4 is 34.7 Å². The van der Waals surface area contributed by atoms with Crippen molar-refractivity contribution in [3.63, 3.8) is 0 Å². The molecular formula is C17H20N2O5S. The van der Waals surface area contributed by atoms with Gasteiger partial charge in [0.15, 0.2) is 0 Å². The zero-order valence-corrected chi connectivity index (χ0v) is 14.7. The minimum Gasteiger partial charge on any atom is -0.466 e. The number of nitrogens with zero attached hydrogens (tertiary/aromatic N) is 1. The highest BCUT2D eigenvalue weighted by Gasteiger charge is 2.35. The molecule has 0 aliphatic carbocycles. The van der Waals surface area contributed by atoms with Crippen LogP contribution in [0.1, 0.15) is 23.7 Å². The summed E-state index contributed by atoms with van der Waals surface area (Å²) < 4.78 is 4.86. The third kappa shape index (κ3) is 5.32. The van der Waals surface area contributed by atoms with E-state index in [0.717, 1.165) is 11.8 Å². The first-order chi connectivity index (χ1) is 12.0. The number of esters is 1. The molecule has 1 heterocycles. The second-order valence-electron chi connectivity index (χ2n) is 5.35. The van der Waals surface area contributed by atoms with Crippen LogP contribution in [0.15, 0.2) is 30.3 Å². The molecule has 25 heavy (non-hydrogen) atoms. The maximum absolute atomic E-state index is 12.4. The van der Waals surface area contributed by atoms with Gasteiger partial charge in [-0.25, -0.2) is 0 Å². The Kier molecular flexibility index (Phi) is 7.00. The van der Waals surface area contributed by atoms with Crippen molar-refractivity contribution in [2.75, 3.05) is 25.4 Å². The Hall–Kier alpha value is -2.35. The number of carbonyl (C=O) groups is 4. The molecular weight excluding hydrogens is 344 g/mol. The van der Waals surface area contributed by atoms with E-state index in [0.29, 0.717) is 18.7 Å². The highest BCUT2D eigenvalue weighted by Crippen LogP contribution is 2.16. The zero-order chi connectivity index (χ0) is 18.2. The van der Waals surface area contributed by atoms with Crippen LogP contribution in [-0.4, -0.2) is 59.3 Å². The van der Waals surface area contributed by atoms with Gasteiger partial charge in [-0.3, -0.25) is 19.2 Å². The molecule has 134 valence electrons. The lowest BCUT2D eigenvalue weighted by Gasteiger charge is -2.34. The van der Waals surface area contributed by atoms with Crippen molar-refractivity contribution in [2.24, 2.45) is 0 Å².